The Kier molecular flexibility index (Phi) is 2.45. The number of nitro groups is 1. The number of nitrogens with zero attached hydrogens (tertiary/aromatic N) is 2. The van der Waals surface area contributed by atoms with Crippen molar-refractivity contribution in [3.63, 3.8) is 0 Å². The third kappa shape index (κ3) is 2.14. The minimum absolute atomic E-state index is 0.0563. The lowest BCUT2D eigenvalue weighted by Crippen LogP contribution is -2.30. The van der Waals surface area contributed by atoms with E-state index in [1.807, 2.05) is 0 Å². The number of rotatable bonds is 2. The molecule has 68 valence electrons. The zero-order chi connectivity index (χ0) is 10.0. The number of pyridine rings is 1. The van der Waals surface area contributed by atoms with Gasteiger partial charge >= 0.3 is 12.9 Å². The number of hydrogen-bond acceptors (Lipinski definition) is 6. The molecular formula is C5H6BN3O4. The molecule has 0 unspecified atom stereocenters. The molecule has 0 aliphatic heterocycles. The van der Waals surface area contributed by atoms with E-state index >= 15 is 0 Å². The zero-order valence-corrected chi connectivity index (χ0v) is 6.41. The molecule has 1 aromatic heterocycles. The number of aromatic nitrogens is 1. The van der Waals surface area contributed by atoms with Crippen molar-refractivity contribution in [1.82, 2.24) is 4.98 Å². The van der Waals surface area contributed by atoms with Crippen LogP contribution in [0.4, 0.5) is 11.6 Å². The third-order valence-electron chi connectivity index (χ3n) is 1.34. The van der Waals surface area contributed by atoms with Crippen LogP contribution in [0.25, 0.3) is 0 Å². The molecule has 4 N–H and O–H groups in total. The van der Waals surface area contributed by atoms with Crippen LogP contribution < -0.4 is 11.2 Å². The standard InChI is InChI=1S/C5H6BN3O4/c7-4-1-3(6(10)11)2-5(8-4)9(12)13/h1-2,10-11H,(H2,7,8). The van der Waals surface area contributed by atoms with Crippen molar-refractivity contribution in [3.8, 4) is 0 Å². The molecule has 1 heterocycles. The van der Waals surface area contributed by atoms with Gasteiger partial charge in [-0.2, -0.15) is 0 Å². The minimum Gasteiger partial charge on any atom is -0.423 e. The quantitative estimate of drug-likeness (QED) is 0.284. The van der Waals surface area contributed by atoms with E-state index in [1.165, 1.54) is 0 Å². The topological polar surface area (TPSA) is 123 Å². The fourth-order valence-corrected chi connectivity index (χ4v) is 0.801. The van der Waals surface area contributed by atoms with Crippen molar-refractivity contribution in [1.29, 1.82) is 0 Å². The van der Waals surface area contributed by atoms with E-state index in [2.05, 4.69) is 4.98 Å². The van der Waals surface area contributed by atoms with Crippen LogP contribution in [0.5, 0.6) is 0 Å². The summed E-state index contributed by atoms with van der Waals surface area (Å²) >= 11 is 0. The molecule has 0 aromatic carbocycles. The second-order valence-electron chi connectivity index (χ2n) is 2.31. The lowest BCUT2D eigenvalue weighted by Gasteiger charge is -1.98. The minimum atomic E-state index is -1.79. The van der Waals surface area contributed by atoms with Gasteiger partial charge in [-0.15, -0.1) is 0 Å². The van der Waals surface area contributed by atoms with Gasteiger partial charge in [-0.05, 0) is 15.4 Å². The van der Waals surface area contributed by atoms with Crippen LogP contribution in [0.1, 0.15) is 0 Å². The van der Waals surface area contributed by atoms with Crippen molar-refractivity contribution < 1.29 is 15.0 Å². The van der Waals surface area contributed by atoms with Gasteiger partial charge in [0.05, 0.1) is 0 Å². The fraction of sp³-hybridized carbons (Fsp3) is 0. The first-order valence-corrected chi connectivity index (χ1v) is 3.28. The van der Waals surface area contributed by atoms with Gasteiger partial charge in [0.15, 0.2) is 0 Å². The molecule has 1 rings (SSSR count). The third-order valence-corrected chi connectivity index (χ3v) is 1.34. The van der Waals surface area contributed by atoms with E-state index in [0.717, 1.165) is 12.1 Å². The second kappa shape index (κ2) is 3.38. The van der Waals surface area contributed by atoms with Gasteiger partial charge < -0.3 is 25.9 Å². The summed E-state index contributed by atoms with van der Waals surface area (Å²) in [7, 11) is -1.79. The summed E-state index contributed by atoms with van der Waals surface area (Å²) in [6.45, 7) is 0. The van der Waals surface area contributed by atoms with E-state index < -0.39 is 17.9 Å². The molecule has 0 saturated carbocycles. The van der Waals surface area contributed by atoms with Gasteiger partial charge in [-0.1, -0.05) is 0 Å². The maximum absolute atomic E-state index is 10.3. The Morgan fingerprint density at radius 3 is 2.62 bits per heavy atom. The average Bonchev–Trinajstić information content (AvgIpc) is 2.03. The molecule has 0 radical (unpaired) electrons. The molecule has 0 bridgehead atoms. The van der Waals surface area contributed by atoms with Crippen molar-refractivity contribution in [2.45, 2.75) is 0 Å². The van der Waals surface area contributed by atoms with Gasteiger partial charge in [-0.25, -0.2) is 0 Å². The maximum atomic E-state index is 10.3. The molecule has 0 spiro atoms. The molecule has 0 amide bonds. The van der Waals surface area contributed by atoms with E-state index in [0.29, 0.717) is 0 Å². The Hall–Kier alpha value is -1.67. The first-order chi connectivity index (χ1) is 6.00. The van der Waals surface area contributed by atoms with Crippen molar-refractivity contribution in [3.05, 3.63) is 22.2 Å². The summed E-state index contributed by atoms with van der Waals surface area (Å²) < 4.78 is 0. The highest BCUT2D eigenvalue weighted by atomic mass is 16.6. The molecule has 7 nitrogen and oxygen atoms in total. The summed E-state index contributed by atoms with van der Waals surface area (Å²) in [5.74, 6) is -0.639. The van der Waals surface area contributed by atoms with Crippen molar-refractivity contribution >= 4 is 24.2 Å². The van der Waals surface area contributed by atoms with Crippen LogP contribution in [0.15, 0.2) is 12.1 Å². The SMILES string of the molecule is Nc1cc(B(O)O)cc([N+](=O)[O-])n1. The van der Waals surface area contributed by atoms with E-state index in [9.17, 15) is 10.1 Å². The highest BCUT2D eigenvalue weighted by molar-refractivity contribution is 6.58. The molecule has 0 fully saturated rings. The van der Waals surface area contributed by atoms with E-state index in [-0.39, 0.29) is 11.3 Å². The lowest BCUT2D eigenvalue weighted by molar-refractivity contribution is -0.389. The van der Waals surface area contributed by atoms with Crippen molar-refractivity contribution in [2.24, 2.45) is 0 Å². The van der Waals surface area contributed by atoms with Crippen molar-refractivity contribution in [2.75, 3.05) is 5.73 Å². The molecule has 1 aromatic rings. The summed E-state index contributed by atoms with van der Waals surface area (Å²) in [4.78, 5) is 12.9. The highest BCUT2D eigenvalue weighted by Gasteiger charge is 2.18. The zero-order valence-electron chi connectivity index (χ0n) is 6.41. The predicted octanol–water partition coefficient (Wildman–Crippen LogP) is -1.75. The number of anilines is 1. The van der Waals surface area contributed by atoms with Gasteiger partial charge in [0.2, 0.25) is 5.82 Å². The molecule has 13 heavy (non-hydrogen) atoms. The van der Waals surface area contributed by atoms with Gasteiger partial charge in [-0.3, -0.25) is 0 Å². The van der Waals surface area contributed by atoms with Crippen LogP contribution in [0, 0.1) is 10.1 Å². The van der Waals surface area contributed by atoms with Gasteiger partial charge in [0.1, 0.15) is 0 Å². The number of hydrogen-bond donors (Lipinski definition) is 3. The summed E-state index contributed by atoms with van der Waals surface area (Å²) in [5.41, 5.74) is 5.14. The van der Waals surface area contributed by atoms with Crippen LogP contribution in [0.3, 0.4) is 0 Å². The first kappa shape index (κ1) is 9.42. The average molecular weight is 183 g/mol. The Labute approximate surface area is 73.1 Å². The summed E-state index contributed by atoms with van der Waals surface area (Å²) in [6, 6.07) is 2.10. The largest absolute Gasteiger partial charge is 0.488 e. The number of nitrogens with two attached hydrogens (primary N) is 1. The van der Waals surface area contributed by atoms with Gasteiger partial charge in [0.25, 0.3) is 0 Å². The lowest BCUT2D eigenvalue weighted by atomic mass is 9.81. The molecular weight excluding hydrogens is 177 g/mol. The Bertz CT molecular complexity index is 343. The smallest absolute Gasteiger partial charge is 0.423 e. The monoisotopic (exact) mass is 183 g/mol. The fourth-order valence-electron chi connectivity index (χ4n) is 0.801. The molecule has 0 aliphatic rings. The second-order valence-corrected chi connectivity index (χ2v) is 2.31. The van der Waals surface area contributed by atoms with E-state index in [4.69, 9.17) is 15.8 Å². The number of nitrogen functional groups attached to an aromatic ring is 1. The Morgan fingerprint density at radius 2 is 2.15 bits per heavy atom. The van der Waals surface area contributed by atoms with Gasteiger partial charge in [0, 0.05) is 12.1 Å². The molecule has 0 atom stereocenters. The molecule has 0 saturated heterocycles. The normalized spacial score (nSPS) is 9.69. The van der Waals surface area contributed by atoms with Crippen LogP contribution in [0.2, 0.25) is 0 Å². The first-order valence-electron chi connectivity index (χ1n) is 3.28. The summed E-state index contributed by atoms with van der Waals surface area (Å²) in [6.07, 6.45) is 0. The Morgan fingerprint density at radius 1 is 1.54 bits per heavy atom. The predicted molar refractivity (Wildman–Crippen MR) is 45.1 cm³/mol. The van der Waals surface area contributed by atoms with E-state index in [1.54, 1.807) is 0 Å². The molecule has 8 heteroatoms. The van der Waals surface area contributed by atoms with Crippen LogP contribution >= 0.6 is 0 Å². The van der Waals surface area contributed by atoms with Crippen LogP contribution in [-0.4, -0.2) is 27.1 Å². The highest BCUT2D eigenvalue weighted by Crippen LogP contribution is 2.06. The summed E-state index contributed by atoms with van der Waals surface area (Å²) in [5, 5.41) is 27.7. The van der Waals surface area contributed by atoms with Crippen LogP contribution in [-0.2, 0) is 0 Å². The molecule has 0 aliphatic carbocycles. The Balaban J connectivity index is 3.19. The maximum Gasteiger partial charge on any atom is 0.488 e.